The third kappa shape index (κ3) is 8.26. The third-order valence-electron chi connectivity index (χ3n) is 7.00. The summed E-state index contributed by atoms with van der Waals surface area (Å²) in [7, 11) is 1.72. The molecule has 210 valence electrons. The van der Waals surface area contributed by atoms with Crippen molar-refractivity contribution in [1.29, 1.82) is 0 Å². The van der Waals surface area contributed by atoms with Crippen LogP contribution in [0.15, 0.2) is 48.5 Å². The summed E-state index contributed by atoms with van der Waals surface area (Å²) in [4.78, 5) is 42.0. The van der Waals surface area contributed by atoms with E-state index in [4.69, 9.17) is 9.47 Å². The van der Waals surface area contributed by atoms with E-state index in [-0.39, 0.29) is 56.5 Å². The predicted octanol–water partition coefficient (Wildman–Crippen LogP) is 1.46. The van der Waals surface area contributed by atoms with Crippen molar-refractivity contribution in [2.75, 3.05) is 46.4 Å². The highest BCUT2D eigenvalue weighted by molar-refractivity contribution is 5.85. The van der Waals surface area contributed by atoms with Crippen LogP contribution in [0.5, 0.6) is 11.5 Å². The predicted molar refractivity (Wildman–Crippen MR) is 145 cm³/mol. The van der Waals surface area contributed by atoms with Gasteiger partial charge in [-0.15, -0.1) is 0 Å². The second-order valence-electron chi connectivity index (χ2n) is 9.97. The topological polar surface area (TPSA) is 120 Å². The molecule has 2 atom stereocenters. The number of hydrogen-bond donors (Lipinski definition) is 3. The average Bonchev–Trinajstić information content (AvgIpc) is 2.94. The van der Waals surface area contributed by atoms with Crippen molar-refractivity contribution in [2.45, 2.75) is 44.4 Å². The van der Waals surface area contributed by atoms with Gasteiger partial charge >= 0.3 is 0 Å². The lowest BCUT2D eigenvalue weighted by Crippen LogP contribution is -2.59. The summed E-state index contributed by atoms with van der Waals surface area (Å²) in [6.45, 7) is 1.46. The fraction of sp³-hybridized carbons (Fsp3) is 0.483. The molecule has 4 bridgehead atoms. The summed E-state index contributed by atoms with van der Waals surface area (Å²) in [5.41, 5.74) is 1.92. The monoisotopic (exact) mass is 538 g/mol. The molecule has 1 fully saturated rings. The van der Waals surface area contributed by atoms with Gasteiger partial charge in [0.15, 0.2) is 0 Å². The molecule has 0 aromatic heterocycles. The first-order valence-corrected chi connectivity index (χ1v) is 13.5. The Morgan fingerprint density at radius 1 is 1.10 bits per heavy atom. The number of nitrogens with zero attached hydrogens (tertiary/aromatic N) is 2. The number of aryl methyl sites for hydroxylation is 1. The minimum absolute atomic E-state index is 0.0443. The van der Waals surface area contributed by atoms with Gasteiger partial charge in [-0.1, -0.05) is 24.3 Å². The lowest BCUT2D eigenvalue weighted by Gasteiger charge is -2.39. The molecule has 2 aromatic rings. The highest BCUT2D eigenvalue weighted by Crippen LogP contribution is 2.24. The van der Waals surface area contributed by atoms with Crippen molar-refractivity contribution >= 4 is 17.7 Å². The van der Waals surface area contributed by atoms with Gasteiger partial charge < -0.3 is 35.0 Å². The Morgan fingerprint density at radius 3 is 2.69 bits per heavy atom. The van der Waals surface area contributed by atoms with E-state index in [1.807, 2.05) is 48.5 Å². The van der Waals surface area contributed by atoms with Gasteiger partial charge in [0.25, 0.3) is 0 Å². The number of rotatable bonds is 5. The van der Waals surface area contributed by atoms with Crippen molar-refractivity contribution in [3.8, 4) is 11.5 Å². The molecule has 0 unspecified atom stereocenters. The van der Waals surface area contributed by atoms with Crippen LogP contribution in [0.4, 0.5) is 0 Å². The molecule has 2 aromatic carbocycles. The summed E-state index contributed by atoms with van der Waals surface area (Å²) in [5.74, 6) is 0.862. The zero-order chi connectivity index (χ0) is 27.6. The van der Waals surface area contributed by atoms with Gasteiger partial charge in [-0.25, -0.2) is 0 Å². The van der Waals surface area contributed by atoms with Crippen molar-refractivity contribution < 1.29 is 29.0 Å². The highest BCUT2D eigenvalue weighted by Gasteiger charge is 2.33. The summed E-state index contributed by atoms with van der Waals surface area (Å²) in [5, 5.41) is 15.3. The van der Waals surface area contributed by atoms with Crippen LogP contribution in [0, 0.1) is 0 Å². The standard InChI is InChI=1S/C29H38N4O6/c1-30-17-29(37)33-14-12-26-25(18-33)31-27(35)19-32(13-3-15-34)28(36)11-8-21-6-9-23(10-7-21)39-24-5-2-4-22(16-24)20-38-26/h2,4-7,9-10,16,25-26,30,34H,3,8,11-15,17-20H2,1H3,(H,31,35)/t25-,26-/m0/s1. The van der Waals surface area contributed by atoms with Crippen molar-refractivity contribution in [3.05, 3.63) is 59.7 Å². The van der Waals surface area contributed by atoms with Crippen LogP contribution in [0.2, 0.25) is 0 Å². The van der Waals surface area contributed by atoms with Gasteiger partial charge in [0.2, 0.25) is 17.7 Å². The number of ether oxygens (including phenoxy) is 2. The lowest BCUT2D eigenvalue weighted by molar-refractivity contribution is -0.139. The minimum atomic E-state index is -0.432. The number of amides is 3. The molecule has 0 spiro atoms. The first-order valence-electron chi connectivity index (χ1n) is 13.5. The number of benzene rings is 2. The number of carbonyl (C=O) groups excluding carboxylic acids is 3. The van der Waals surface area contributed by atoms with Gasteiger partial charge in [0, 0.05) is 32.7 Å². The summed E-state index contributed by atoms with van der Waals surface area (Å²) in [6, 6.07) is 14.9. The summed E-state index contributed by atoms with van der Waals surface area (Å²) >= 11 is 0. The molecule has 3 aliphatic rings. The SMILES string of the molecule is CNCC(=O)N1CC[C@@H]2OCc3cccc(c3)Oc3ccc(cc3)CCC(=O)N(CCCO)CC(=O)N[C@H]2C1. The number of aliphatic hydroxyl groups is 1. The number of likely N-dealkylation sites (tertiary alicyclic amines) is 1. The maximum atomic E-state index is 13.2. The van der Waals surface area contributed by atoms with Crippen LogP contribution in [0.1, 0.15) is 30.4 Å². The molecule has 3 N–H and O–H groups in total. The fourth-order valence-electron chi connectivity index (χ4n) is 4.91. The van der Waals surface area contributed by atoms with Gasteiger partial charge in [0.1, 0.15) is 11.5 Å². The Balaban J connectivity index is 1.57. The smallest absolute Gasteiger partial charge is 0.239 e. The van der Waals surface area contributed by atoms with E-state index >= 15 is 0 Å². The van der Waals surface area contributed by atoms with E-state index in [2.05, 4.69) is 10.6 Å². The number of piperidine rings is 1. The van der Waals surface area contributed by atoms with Crippen molar-refractivity contribution in [1.82, 2.24) is 20.4 Å². The maximum Gasteiger partial charge on any atom is 0.239 e. The molecule has 10 heteroatoms. The van der Waals surface area contributed by atoms with Gasteiger partial charge in [-0.3, -0.25) is 14.4 Å². The molecule has 10 nitrogen and oxygen atoms in total. The second kappa shape index (κ2) is 14.1. The molecular formula is C29H38N4O6. The average molecular weight is 539 g/mol. The molecule has 0 saturated carbocycles. The number of nitrogens with one attached hydrogen (secondary N) is 2. The van der Waals surface area contributed by atoms with Crippen molar-refractivity contribution in [3.63, 3.8) is 0 Å². The molecule has 39 heavy (non-hydrogen) atoms. The molecule has 0 radical (unpaired) electrons. The largest absolute Gasteiger partial charge is 0.457 e. The number of likely N-dealkylation sites (N-methyl/N-ethyl adjacent to an activating group) is 1. The van der Waals surface area contributed by atoms with E-state index in [1.165, 1.54) is 4.90 Å². The number of hydrogen-bond acceptors (Lipinski definition) is 7. The van der Waals surface area contributed by atoms with Gasteiger partial charge in [0.05, 0.1) is 31.8 Å². The lowest BCUT2D eigenvalue weighted by atomic mass is 10.0. The van der Waals surface area contributed by atoms with E-state index in [9.17, 15) is 19.5 Å². The van der Waals surface area contributed by atoms with Crippen molar-refractivity contribution in [2.24, 2.45) is 0 Å². The maximum absolute atomic E-state index is 13.2. The van der Waals surface area contributed by atoms with Crippen LogP contribution < -0.4 is 15.4 Å². The third-order valence-corrected chi connectivity index (χ3v) is 7.00. The summed E-state index contributed by atoms with van der Waals surface area (Å²) in [6.07, 6.45) is 1.39. The Hall–Kier alpha value is -3.47. The first kappa shape index (κ1) is 28.5. The quantitative estimate of drug-likeness (QED) is 0.527. The molecule has 3 aliphatic heterocycles. The zero-order valence-electron chi connectivity index (χ0n) is 22.4. The van der Waals surface area contributed by atoms with E-state index in [0.717, 1.165) is 11.1 Å². The Morgan fingerprint density at radius 2 is 1.92 bits per heavy atom. The molecule has 1 saturated heterocycles. The van der Waals surface area contributed by atoms with E-state index in [1.54, 1.807) is 11.9 Å². The van der Waals surface area contributed by atoms with Crippen LogP contribution in [0.3, 0.4) is 0 Å². The first-order chi connectivity index (χ1) is 18.9. The van der Waals surface area contributed by atoms with Gasteiger partial charge in [-0.05, 0) is 61.7 Å². The van der Waals surface area contributed by atoms with E-state index in [0.29, 0.717) is 50.5 Å². The number of carbonyl (C=O) groups is 3. The number of aliphatic hydroxyl groups excluding tert-OH is 1. The molecule has 3 heterocycles. The van der Waals surface area contributed by atoms with Crippen LogP contribution in [-0.4, -0.2) is 91.2 Å². The fourth-order valence-corrected chi connectivity index (χ4v) is 4.91. The second-order valence-corrected chi connectivity index (χ2v) is 9.97. The number of fused-ring (bicyclic) bond motifs is 9. The molecule has 0 aliphatic carbocycles. The van der Waals surface area contributed by atoms with Crippen LogP contribution in [0.25, 0.3) is 0 Å². The molecular weight excluding hydrogens is 500 g/mol. The van der Waals surface area contributed by atoms with Gasteiger partial charge in [-0.2, -0.15) is 0 Å². The highest BCUT2D eigenvalue weighted by atomic mass is 16.5. The Labute approximate surface area is 229 Å². The molecule has 5 rings (SSSR count). The van der Waals surface area contributed by atoms with E-state index < -0.39 is 6.04 Å². The van der Waals surface area contributed by atoms with Crippen LogP contribution >= 0.6 is 0 Å². The van der Waals surface area contributed by atoms with Crippen LogP contribution in [-0.2, 0) is 32.1 Å². The molecule has 3 amide bonds. The minimum Gasteiger partial charge on any atom is -0.457 e. The Kier molecular flexibility index (Phi) is 10.3. The zero-order valence-corrected chi connectivity index (χ0v) is 22.4. The Bertz CT molecular complexity index is 1130. The normalized spacial score (nSPS) is 20.8. The summed E-state index contributed by atoms with van der Waals surface area (Å²) < 4.78 is 12.3.